The van der Waals surface area contributed by atoms with E-state index in [1.54, 1.807) is 39.0 Å². The minimum atomic E-state index is -1.05. The Morgan fingerprint density at radius 1 is 1.39 bits per heavy atom. The lowest BCUT2D eigenvalue weighted by molar-refractivity contribution is -0.158. The fourth-order valence-electron chi connectivity index (χ4n) is 1.47. The number of benzene rings is 1. The SMILES string of the molecule is CCOC(=O)C(C)(C)Oc1cccc(CC=O)c1. The Bertz CT molecular complexity index is 424. The van der Waals surface area contributed by atoms with Crippen LogP contribution in [0.2, 0.25) is 0 Å². The lowest BCUT2D eigenvalue weighted by atomic mass is 10.1. The first kappa shape index (κ1) is 14.2. The second-order valence-corrected chi connectivity index (χ2v) is 4.35. The zero-order chi connectivity index (χ0) is 13.6. The monoisotopic (exact) mass is 250 g/mol. The highest BCUT2D eigenvalue weighted by Gasteiger charge is 2.31. The third-order valence-corrected chi connectivity index (χ3v) is 2.36. The molecule has 0 spiro atoms. The number of rotatable bonds is 6. The average Bonchev–Trinajstić information content (AvgIpc) is 2.29. The lowest BCUT2D eigenvalue weighted by Crippen LogP contribution is -2.39. The maximum Gasteiger partial charge on any atom is 0.349 e. The Kier molecular flexibility index (Phi) is 4.89. The van der Waals surface area contributed by atoms with E-state index in [1.165, 1.54) is 0 Å². The molecule has 0 amide bonds. The van der Waals surface area contributed by atoms with Gasteiger partial charge >= 0.3 is 5.97 Å². The van der Waals surface area contributed by atoms with E-state index < -0.39 is 11.6 Å². The lowest BCUT2D eigenvalue weighted by Gasteiger charge is -2.24. The van der Waals surface area contributed by atoms with Crippen molar-refractivity contribution in [3.8, 4) is 5.75 Å². The van der Waals surface area contributed by atoms with Crippen LogP contribution >= 0.6 is 0 Å². The van der Waals surface area contributed by atoms with E-state index in [-0.39, 0.29) is 0 Å². The summed E-state index contributed by atoms with van der Waals surface area (Å²) in [6.45, 7) is 5.37. The predicted molar refractivity (Wildman–Crippen MR) is 67.6 cm³/mol. The van der Waals surface area contributed by atoms with Crippen molar-refractivity contribution in [2.45, 2.75) is 32.8 Å². The minimum Gasteiger partial charge on any atom is -0.476 e. The van der Waals surface area contributed by atoms with Gasteiger partial charge in [0.2, 0.25) is 0 Å². The van der Waals surface area contributed by atoms with Crippen molar-refractivity contribution in [3.05, 3.63) is 29.8 Å². The highest BCUT2D eigenvalue weighted by atomic mass is 16.6. The molecule has 0 fully saturated rings. The van der Waals surface area contributed by atoms with Crippen LogP contribution in [0.3, 0.4) is 0 Å². The van der Waals surface area contributed by atoms with E-state index in [0.29, 0.717) is 18.8 Å². The van der Waals surface area contributed by atoms with Gasteiger partial charge in [0.1, 0.15) is 12.0 Å². The van der Waals surface area contributed by atoms with Crippen molar-refractivity contribution in [1.29, 1.82) is 0 Å². The van der Waals surface area contributed by atoms with Gasteiger partial charge in [-0.2, -0.15) is 0 Å². The van der Waals surface area contributed by atoms with Crippen molar-refractivity contribution < 1.29 is 19.1 Å². The van der Waals surface area contributed by atoms with Crippen LogP contribution in [0.15, 0.2) is 24.3 Å². The van der Waals surface area contributed by atoms with Gasteiger partial charge < -0.3 is 14.3 Å². The van der Waals surface area contributed by atoms with Crippen molar-refractivity contribution in [2.24, 2.45) is 0 Å². The van der Waals surface area contributed by atoms with Gasteiger partial charge in [0.05, 0.1) is 6.61 Å². The van der Waals surface area contributed by atoms with E-state index in [0.717, 1.165) is 11.8 Å². The number of hydrogen-bond acceptors (Lipinski definition) is 4. The predicted octanol–water partition coefficient (Wildman–Crippen LogP) is 2.15. The normalized spacial score (nSPS) is 10.8. The zero-order valence-electron chi connectivity index (χ0n) is 10.9. The van der Waals surface area contributed by atoms with Crippen LogP contribution in [0.25, 0.3) is 0 Å². The zero-order valence-corrected chi connectivity index (χ0v) is 10.9. The summed E-state index contributed by atoms with van der Waals surface area (Å²) in [5.41, 5.74) is -0.197. The van der Waals surface area contributed by atoms with Crippen LogP contribution in [0.4, 0.5) is 0 Å². The van der Waals surface area contributed by atoms with Crippen LogP contribution in [0.5, 0.6) is 5.75 Å². The molecule has 0 heterocycles. The molecule has 1 rings (SSSR count). The van der Waals surface area contributed by atoms with Crippen molar-refractivity contribution >= 4 is 12.3 Å². The number of esters is 1. The molecule has 0 N–H and O–H groups in total. The van der Waals surface area contributed by atoms with Gasteiger partial charge in [-0.05, 0) is 38.5 Å². The number of carbonyl (C=O) groups is 2. The van der Waals surface area contributed by atoms with Gasteiger partial charge in [0.25, 0.3) is 0 Å². The summed E-state index contributed by atoms with van der Waals surface area (Å²) in [4.78, 5) is 22.1. The molecule has 0 aliphatic carbocycles. The molecule has 0 radical (unpaired) electrons. The standard InChI is InChI=1S/C14H18O4/c1-4-17-13(16)14(2,3)18-12-7-5-6-11(10-12)8-9-15/h5-7,9-10H,4,8H2,1-3H3. The van der Waals surface area contributed by atoms with Crippen LogP contribution in [-0.2, 0) is 20.7 Å². The van der Waals surface area contributed by atoms with Gasteiger partial charge in [0.15, 0.2) is 5.60 Å². The first-order chi connectivity index (χ1) is 8.49. The first-order valence-corrected chi connectivity index (χ1v) is 5.88. The fourth-order valence-corrected chi connectivity index (χ4v) is 1.47. The maximum atomic E-state index is 11.7. The highest BCUT2D eigenvalue weighted by Crippen LogP contribution is 2.20. The summed E-state index contributed by atoms with van der Waals surface area (Å²) < 4.78 is 10.5. The molecule has 0 aromatic heterocycles. The maximum absolute atomic E-state index is 11.7. The number of ether oxygens (including phenoxy) is 2. The quantitative estimate of drug-likeness (QED) is 0.573. The molecular weight excluding hydrogens is 232 g/mol. The van der Waals surface area contributed by atoms with E-state index in [9.17, 15) is 9.59 Å². The summed E-state index contributed by atoms with van der Waals surface area (Å²) in [6.07, 6.45) is 1.16. The molecule has 0 unspecified atom stereocenters. The van der Waals surface area contributed by atoms with Crippen molar-refractivity contribution in [2.75, 3.05) is 6.61 Å². The van der Waals surface area contributed by atoms with Crippen LogP contribution < -0.4 is 4.74 Å². The van der Waals surface area contributed by atoms with Gasteiger partial charge in [-0.1, -0.05) is 12.1 Å². The number of hydrogen-bond donors (Lipinski definition) is 0. The molecule has 0 saturated heterocycles. The summed E-state index contributed by atoms with van der Waals surface area (Å²) in [7, 11) is 0. The summed E-state index contributed by atoms with van der Waals surface area (Å²) in [6, 6.07) is 7.11. The molecule has 4 heteroatoms. The molecule has 0 aliphatic rings. The summed E-state index contributed by atoms with van der Waals surface area (Å²) in [5.74, 6) is 0.137. The molecular formula is C14H18O4. The summed E-state index contributed by atoms with van der Waals surface area (Å²) >= 11 is 0. The smallest absolute Gasteiger partial charge is 0.349 e. The molecule has 0 saturated carbocycles. The van der Waals surface area contributed by atoms with Gasteiger partial charge in [0, 0.05) is 6.42 Å². The van der Waals surface area contributed by atoms with Gasteiger partial charge in [-0.25, -0.2) is 4.79 Å². The van der Waals surface area contributed by atoms with Crippen LogP contribution in [-0.4, -0.2) is 24.5 Å². The first-order valence-electron chi connectivity index (χ1n) is 5.88. The minimum absolute atomic E-state index is 0.316. The third kappa shape index (κ3) is 3.87. The van der Waals surface area contributed by atoms with E-state index in [1.807, 2.05) is 6.07 Å². The molecule has 0 bridgehead atoms. The molecule has 1 aromatic carbocycles. The number of aldehydes is 1. The Balaban J connectivity index is 2.79. The molecule has 0 atom stereocenters. The second-order valence-electron chi connectivity index (χ2n) is 4.35. The average molecular weight is 250 g/mol. The van der Waals surface area contributed by atoms with E-state index in [2.05, 4.69) is 0 Å². The Labute approximate surface area is 107 Å². The van der Waals surface area contributed by atoms with Crippen molar-refractivity contribution in [1.82, 2.24) is 0 Å². The topological polar surface area (TPSA) is 52.6 Å². The molecule has 4 nitrogen and oxygen atoms in total. The Morgan fingerprint density at radius 2 is 2.11 bits per heavy atom. The van der Waals surface area contributed by atoms with Gasteiger partial charge in [-0.3, -0.25) is 0 Å². The number of carbonyl (C=O) groups excluding carboxylic acids is 2. The van der Waals surface area contributed by atoms with E-state index >= 15 is 0 Å². The highest BCUT2D eigenvalue weighted by molar-refractivity contribution is 5.79. The molecule has 18 heavy (non-hydrogen) atoms. The molecule has 0 aliphatic heterocycles. The van der Waals surface area contributed by atoms with Crippen molar-refractivity contribution in [3.63, 3.8) is 0 Å². The molecule has 98 valence electrons. The van der Waals surface area contributed by atoms with Crippen LogP contribution in [0, 0.1) is 0 Å². The Morgan fingerprint density at radius 3 is 2.72 bits per heavy atom. The largest absolute Gasteiger partial charge is 0.476 e. The van der Waals surface area contributed by atoms with Gasteiger partial charge in [-0.15, -0.1) is 0 Å². The van der Waals surface area contributed by atoms with Crippen LogP contribution in [0.1, 0.15) is 26.3 Å². The fraction of sp³-hybridized carbons (Fsp3) is 0.429. The summed E-state index contributed by atoms with van der Waals surface area (Å²) in [5, 5.41) is 0. The Hall–Kier alpha value is -1.84. The molecule has 1 aromatic rings. The third-order valence-electron chi connectivity index (χ3n) is 2.36. The van der Waals surface area contributed by atoms with E-state index in [4.69, 9.17) is 9.47 Å². The second kappa shape index (κ2) is 6.19.